The average molecular weight is 317 g/mol. The molecular weight excluding hydrogens is 290 g/mol. The summed E-state index contributed by atoms with van der Waals surface area (Å²) < 4.78 is 6.03. The molecule has 126 valence electrons. The number of hydrogen-bond acceptors (Lipinski definition) is 3. The third kappa shape index (κ3) is 3.96. The number of likely N-dealkylation sites (tertiary alicyclic amines) is 2. The van der Waals surface area contributed by atoms with Crippen LogP contribution in [0.5, 0.6) is 5.75 Å². The van der Waals surface area contributed by atoms with Gasteiger partial charge >= 0.3 is 6.03 Å². The second-order valence-corrected chi connectivity index (χ2v) is 6.66. The van der Waals surface area contributed by atoms with Crippen molar-refractivity contribution in [2.45, 2.75) is 38.3 Å². The van der Waals surface area contributed by atoms with Gasteiger partial charge in [-0.05, 0) is 44.5 Å². The summed E-state index contributed by atoms with van der Waals surface area (Å²) in [6, 6.07) is 8.47. The van der Waals surface area contributed by atoms with Crippen molar-refractivity contribution in [1.82, 2.24) is 15.1 Å². The number of aryl methyl sites for hydroxylation is 1. The molecule has 23 heavy (non-hydrogen) atoms. The van der Waals surface area contributed by atoms with Gasteiger partial charge in [0.2, 0.25) is 0 Å². The first-order valence-corrected chi connectivity index (χ1v) is 8.64. The zero-order valence-electron chi connectivity index (χ0n) is 14.1. The van der Waals surface area contributed by atoms with E-state index in [1.807, 2.05) is 23.1 Å². The highest BCUT2D eigenvalue weighted by Crippen LogP contribution is 2.23. The molecule has 0 aliphatic carbocycles. The monoisotopic (exact) mass is 317 g/mol. The fraction of sp³-hybridized carbons (Fsp3) is 0.611. The number of amides is 2. The predicted octanol–water partition coefficient (Wildman–Crippen LogP) is 2.12. The summed E-state index contributed by atoms with van der Waals surface area (Å²) in [6.45, 7) is 5.55. The normalized spacial score (nSPS) is 22.5. The topological polar surface area (TPSA) is 44.8 Å². The van der Waals surface area contributed by atoms with E-state index in [9.17, 15) is 4.79 Å². The Bertz CT molecular complexity index is 543. The predicted molar refractivity (Wildman–Crippen MR) is 90.9 cm³/mol. The Labute approximate surface area is 138 Å². The van der Waals surface area contributed by atoms with Crippen LogP contribution in [0.2, 0.25) is 0 Å². The van der Waals surface area contributed by atoms with Gasteiger partial charge in [0, 0.05) is 12.6 Å². The number of ether oxygens (including phenoxy) is 1. The fourth-order valence-electron chi connectivity index (χ4n) is 3.32. The minimum Gasteiger partial charge on any atom is -0.486 e. The standard InChI is InChI=1S/C18H27N3O2/c1-3-14-7-4-5-9-17(14)23-16-12-21(13-16)18(22)19-15-8-6-10-20(2)11-15/h4-5,7,9,15-16H,3,6,8,10-13H2,1-2H3,(H,19,22)/t15-/m0/s1. The Hall–Kier alpha value is -1.75. The summed E-state index contributed by atoms with van der Waals surface area (Å²) >= 11 is 0. The molecule has 5 nitrogen and oxygen atoms in total. The first-order valence-electron chi connectivity index (χ1n) is 8.64. The number of carbonyl (C=O) groups is 1. The molecule has 0 bridgehead atoms. The van der Waals surface area contributed by atoms with E-state index in [2.05, 4.69) is 30.3 Å². The van der Waals surface area contributed by atoms with Crippen molar-refractivity contribution in [3.8, 4) is 5.75 Å². The van der Waals surface area contributed by atoms with Crippen LogP contribution >= 0.6 is 0 Å². The van der Waals surface area contributed by atoms with Crippen LogP contribution in [0.4, 0.5) is 4.79 Å². The Morgan fingerprint density at radius 2 is 2.09 bits per heavy atom. The SMILES string of the molecule is CCc1ccccc1OC1CN(C(=O)N[C@H]2CCCN(C)C2)C1. The first kappa shape index (κ1) is 16.1. The lowest BCUT2D eigenvalue weighted by Gasteiger charge is -2.40. The van der Waals surface area contributed by atoms with Gasteiger partial charge in [-0.3, -0.25) is 0 Å². The van der Waals surface area contributed by atoms with Crippen molar-refractivity contribution in [1.29, 1.82) is 0 Å². The lowest BCUT2D eigenvalue weighted by Crippen LogP contribution is -2.61. The molecule has 2 aliphatic heterocycles. The van der Waals surface area contributed by atoms with Gasteiger partial charge in [0.25, 0.3) is 0 Å². The lowest BCUT2D eigenvalue weighted by atomic mass is 10.1. The zero-order chi connectivity index (χ0) is 16.2. The van der Waals surface area contributed by atoms with E-state index in [0.717, 1.165) is 38.1 Å². The molecule has 0 spiro atoms. The van der Waals surface area contributed by atoms with E-state index in [4.69, 9.17) is 4.74 Å². The van der Waals surface area contributed by atoms with E-state index in [0.29, 0.717) is 13.1 Å². The molecule has 1 aromatic rings. The van der Waals surface area contributed by atoms with Crippen LogP contribution in [0.3, 0.4) is 0 Å². The number of para-hydroxylation sites is 1. The van der Waals surface area contributed by atoms with Crippen molar-refractivity contribution < 1.29 is 9.53 Å². The van der Waals surface area contributed by atoms with Gasteiger partial charge in [-0.1, -0.05) is 25.1 Å². The van der Waals surface area contributed by atoms with Gasteiger partial charge in [0.05, 0.1) is 13.1 Å². The van der Waals surface area contributed by atoms with Crippen LogP contribution in [-0.4, -0.2) is 61.2 Å². The molecular formula is C18H27N3O2. The van der Waals surface area contributed by atoms with Crippen LogP contribution in [0, 0.1) is 0 Å². The van der Waals surface area contributed by atoms with Gasteiger partial charge < -0.3 is 19.9 Å². The molecule has 3 rings (SSSR count). The molecule has 2 aliphatic rings. The van der Waals surface area contributed by atoms with Crippen molar-refractivity contribution in [2.24, 2.45) is 0 Å². The van der Waals surface area contributed by atoms with E-state index in [-0.39, 0.29) is 18.2 Å². The van der Waals surface area contributed by atoms with Crippen LogP contribution in [0.15, 0.2) is 24.3 Å². The smallest absolute Gasteiger partial charge is 0.317 e. The third-order valence-corrected chi connectivity index (χ3v) is 4.73. The van der Waals surface area contributed by atoms with Crippen molar-refractivity contribution in [2.75, 3.05) is 33.2 Å². The minimum atomic E-state index is 0.0499. The maximum absolute atomic E-state index is 12.3. The highest BCUT2D eigenvalue weighted by Gasteiger charge is 2.33. The quantitative estimate of drug-likeness (QED) is 0.925. The average Bonchev–Trinajstić information content (AvgIpc) is 2.50. The van der Waals surface area contributed by atoms with Crippen LogP contribution < -0.4 is 10.1 Å². The van der Waals surface area contributed by atoms with Gasteiger partial charge in [-0.15, -0.1) is 0 Å². The number of nitrogens with zero attached hydrogens (tertiary/aromatic N) is 2. The molecule has 2 saturated heterocycles. The number of hydrogen-bond donors (Lipinski definition) is 1. The largest absolute Gasteiger partial charge is 0.486 e. The van der Waals surface area contributed by atoms with Crippen LogP contribution in [-0.2, 0) is 6.42 Å². The molecule has 1 aromatic carbocycles. The van der Waals surface area contributed by atoms with E-state index in [1.54, 1.807) is 0 Å². The van der Waals surface area contributed by atoms with E-state index >= 15 is 0 Å². The number of piperidine rings is 1. The zero-order valence-corrected chi connectivity index (χ0v) is 14.1. The maximum atomic E-state index is 12.3. The summed E-state index contributed by atoms with van der Waals surface area (Å²) in [7, 11) is 2.11. The maximum Gasteiger partial charge on any atom is 0.317 e. The molecule has 1 atom stereocenters. The Morgan fingerprint density at radius 3 is 2.83 bits per heavy atom. The van der Waals surface area contributed by atoms with Crippen molar-refractivity contribution in [3.63, 3.8) is 0 Å². The van der Waals surface area contributed by atoms with Crippen LogP contribution in [0.25, 0.3) is 0 Å². The summed E-state index contributed by atoms with van der Waals surface area (Å²) in [4.78, 5) is 16.4. The van der Waals surface area contributed by atoms with E-state index < -0.39 is 0 Å². The molecule has 2 fully saturated rings. The van der Waals surface area contributed by atoms with Crippen molar-refractivity contribution >= 4 is 6.03 Å². The van der Waals surface area contributed by atoms with Gasteiger partial charge in [-0.2, -0.15) is 0 Å². The second-order valence-electron chi connectivity index (χ2n) is 6.66. The summed E-state index contributed by atoms with van der Waals surface area (Å²) in [5.41, 5.74) is 1.22. The molecule has 0 unspecified atom stereocenters. The minimum absolute atomic E-state index is 0.0499. The molecule has 0 aromatic heterocycles. The highest BCUT2D eigenvalue weighted by molar-refractivity contribution is 5.75. The van der Waals surface area contributed by atoms with Gasteiger partial charge in [0.1, 0.15) is 11.9 Å². The van der Waals surface area contributed by atoms with Crippen LogP contribution in [0.1, 0.15) is 25.3 Å². The number of likely N-dealkylation sites (N-methyl/N-ethyl adjacent to an activating group) is 1. The number of rotatable bonds is 4. The fourth-order valence-corrected chi connectivity index (χ4v) is 3.32. The summed E-state index contributed by atoms with van der Waals surface area (Å²) in [5.74, 6) is 0.953. The number of nitrogens with one attached hydrogen (secondary N) is 1. The number of carbonyl (C=O) groups excluding carboxylic acids is 1. The Kier molecular flexibility index (Phi) is 5.06. The van der Waals surface area contributed by atoms with Crippen molar-refractivity contribution in [3.05, 3.63) is 29.8 Å². The second kappa shape index (κ2) is 7.21. The highest BCUT2D eigenvalue weighted by atomic mass is 16.5. The Morgan fingerprint density at radius 1 is 1.30 bits per heavy atom. The van der Waals surface area contributed by atoms with Gasteiger partial charge in [-0.25, -0.2) is 4.79 Å². The number of urea groups is 1. The van der Waals surface area contributed by atoms with Gasteiger partial charge in [0.15, 0.2) is 0 Å². The summed E-state index contributed by atoms with van der Waals surface area (Å²) in [5, 5.41) is 3.15. The summed E-state index contributed by atoms with van der Waals surface area (Å²) in [6.07, 6.45) is 3.30. The lowest BCUT2D eigenvalue weighted by molar-refractivity contribution is 0.0417. The molecule has 0 radical (unpaired) electrons. The molecule has 2 heterocycles. The molecule has 1 N–H and O–H groups in total. The third-order valence-electron chi connectivity index (χ3n) is 4.73. The molecule has 5 heteroatoms. The first-order chi connectivity index (χ1) is 11.2. The molecule has 2 amide bonds. The molecule has 0 saturated carbocycles. The van der Waals surface area contributed by atoms with E-state index in [1.165, 1.54) is 5.56 Å². The Balaban J connectivity index is 1.44. The number of benzene rings is 1.